The fraction of sp³-hybridized carbons (Fsp3) is 0.722. The van der Waals surface area contributed by atoms with E-state index in [1.807, 2.05) is 69.3 Å². The summed E-state index contributed by atoms with van der Waals surface area (Å²) in [7, 11) is 7.92. The number of hydrogen-bond donors (Lipinski definition) is 5. The minimum absolute atomic E-state index is 0.164. The third-order valence-electron chi connectivity index (χ3n) is 9.22. The molecule has 1 aromatic heterocycles. The second kappa shape index (κ2) is 26.5. The van der Waals surface area contributed by atoms with Crippen LogP contribution in [0.2, 0.25) is 0 Å². The minimum Gasteiger partial charge on any atom is -0.384 e. The average Bonchev–Trinajstić information content (AvgIpc) is 3.77. The van der Waals surface area contributed by atoms with Gasteiger partial charge in [0.2, 0.25) is 5.91 Å². The number of unbranched alkanes of at least 4 members (excludes halogenated alkanes) is 3. The maximum atomic E-state index is 12.5. The fourth-order valence-electron chi connectivity index (χ4n) is 6.09. The summed E-state index contributed by atoms with van der Waals surface area (Å²) in [6.07, 6.45) is 12.5. The molecule has 1 amide bonds. The van der Waals surface area contributed by atoms with Crippen LogP contribution in [0.3, 0.4) is 0 Å². The lowest BCUT2D eigenvalue weighted by Gasteiger charge is -2.30. The van der Waals surface area contributed by atoms with Crippen LogP contribution in [0.15, 0.2) is 46.9 Å². The minimum atomic E-state index is 0.164. The van der Waals surface area contributed by atoms with E-state index in [9.17, 15) is 4.79 Å². The lowest BCUT2D eigenvalue weighted by molar-refractivity contribution is -0.657. The van der Waals surface area contributed by atoms with Crippen LogP contribution in [0, 0.1) is 0 Å². The summed E-state index contributed by atoms with van der Waals surface area (Å²) in [6, 6.07) is 8.08. The van der Waals surface area contributed by atoms with Crippen LogP contribution in [-0.2, 0) is 18.9 Å². The fourth-order valence-corrected chi connectivity index (χ4v) is 9.12. The number of amides is 1. The highest BCUT2D eigenvalue weighted by Gasteiger charge is 2.16. The molecule has 1 aliphatic rings. The van der Waals surface area contributed by atoms with Crippen molar-refractivity contribution >= 4 is 44.8 Å². The van der Waals surface area contributed by atoms with Gasteiger partial charge >= 0.3 is 5.95 Å². The number of nitrogens with zero attached hydrogens (tertiary/aromatic N) is 7. The van der Waals surface area contributed by atoms with Gasteiger partial charge in [-0.3, -0.25) is 14.6 Å². The first-order chi connectivity index (χ1) is 24.9. The first-order valence-corrected chi connectivity index (χ1v) is 21.4. The van der Waals surface area contributed by atoms with E-state index in [0.29, 0.717) is 26.1 Å². The summed E-state index contributed by atoms with van der Waals surface area (Å²) in [5, 5.41) is 16.3. The summed E-state index contributed by atoms with van der Waals surface area (Å²) in [6.45, 7) is 11.7. The van der Waals surface area contributed by atoms with Gasteiger partial charge in [0.15, 0.2) is 0 Å². The number of imidazole rings is 1. The lowest BCUT2D eigenvalue weighted by Crippen LogP contribution is -2.45. The highest BCUT2D eigenvalue weighted by atomic mass is 33.1. The lowest BCUT2D eigenvalue weighted by atomic mass is 10.1. The van der Waals surface area contributed by atoms with E-state index >= 15 is 0 Å². The van der Waals surface area contributed by atoms with E-state index in [1.54, 1.807) is 0 Å². The molecule has 51 heavy (non-hydrogen) atoms. The van der Waals surface area contributed by atoms with Crippen LogP contribution in [-0.4, -0.2) is 128 Å². The molecule has 1 fully saturated rings. The number of carbonyl (C=O) groups excluding carboxylic acids is 1. The van der Waals surface area contributed by atoms with Crippen molar-refractivity contribution in [3.8, 4) is 0 Å². The van der Waals surface area contributed by atoms with Crippen molar-refractivity contribution in [3.05, 3.63) is 36.7 Å². The highest BCUT2D eigenvalue weighted by Crippen LogP contribution is 2.39. The number of azo groups is 1. The second-order valence-corrected chi connectivity index (χ2v) is 16.2. The molecule has 2 heterocycles. The zero-order valence-corrected chi connectivity index (χ0v) is 33.0. The van der Waals surface area contributed by atoms with Gasteiger partial charge in [-0.2, -0.15) is 0 Å². The Bertz CT molecular complexity index is 1210. The second-order valence-electron chi connectivity index (χ2n) is 13.4. The SMILES string of the molecule is Cn1cc[n+](C)c1N=Nc1ccc(NCCN(CCN(CCN)CCCCCN)CCN(CCN)CCNC(=O)CCCCC2CCSS2)cc1. The molecule has 1 aromatic carbocycles. The number of hydrogen-bond acceptors (Lipinski definition) is 12. The predicted octanol–water partition coefficient (Wildman–Crippen LogP) is 3.46. The van der Waals surface area contributed by atoms with Crippen molar-refractivity contribution < 1.29 is 9.36 Å². The summed E-state index contributed by atoms with van der Waals surface area (Å²) in [4.78, 5) is 19.9. The van der Waals surface area contributed by atoms with Gasteiger partial charge in [0, 0.05) is 107 Å². The third-order valence-corrected chi connectivity index (χ3v) is 12.2. The van der Waals surface area contributed by atoms with Gasteiger partial charge in [0.25, 0.3) is 0 Å². The van der Waals surface area contributed by atoms with Crippen molar-refractivity contribution in [2.75, 3.05) is 103 Å². The zero-order chi connectivity index (χ0) is 36.5. The van der Waals surface area contributed by atoms with Crippen LogP contribution in [0.4, 0.5) is 17.3 Å². The van der Waals surface area contributed by atoms with Crippen molar-refractivity contribution in [3.63, 3.8) is 0 Å². The van der Waals surface area contributed by atoms with Gasteiger partial charge in [-0.05, 0) is 69.5 Å². The summed E-state index contributed by atoms with van der Waals surface area (Å²) < 4.78 is 3.88. The molecule has 288 valence electrons. The normalized spacial score (nSPS) is 14.9. The van der Waals surface area contributed by atoms with Gasteiger partial charge in [-0.1, -0.05) is 39.5 Å². The third kappa shape index (κ3) is 18.4. The molecular formula is C36H67N12OS2+. The van der Waals surface area contributed by atoms with Crippen molar-refractivity contribution in [2.45, 2.75) is 56.6 Å². The molecule has 0 radical (unpaired) electrons. The Morgan fingerprint density at radius 3 is 2.16 bits per heavy atom. The standard InChI is InChI=1S/C36H66N12OS2/c1-44-25-26-45(2)36(44)43-42-33-12-10-32(11-13-33)40-18-23-48(29-27-46(21-16-38)20-7-3-6-15-37)30-28-47(22-17-39)24-19-41-35(49)9-5-4-8-34-14-31-50-51-34/h10-13,25-26,34H,3-9,14-24,27-31,37-39H2,1-2H3,(H,41,49)/p+1. The monoisotopic (exact) mass is 747 g/mol. The molecule has 1 saturated heterocycles. The van der Waals surface area contributed by atoms with E-state index in [0.717, 1.165) is 127 Å². The predicted molar refractivity (Wildman–Crippen MR) is 216 cm³/mol. The van der Waals surface area contributed by atoms with Crippen molar-refractivity contribution in [1.82, 2.24) is 24.6 Å². The van der Waals surface area contributed by atoms with E-state index < -0.39 is 0 Å². The van der Waals surface area contributed by atoms with E-state index in [4.69, 9.17) is 17.2 Å². The quantitative estimate of drug-likeness (QED) is 0.0361. The maximum absolute atomic E-state index is 12.5. The number of benzene rings is 1. The van der Waals surface area contributed by atoms with Crippen LogP contribution < -0.4 is 32.4 Å². The van der Waals surface area contributed by atoms with Gasteiger partial charge in [-0.25, -0.2) is 9.13 Å². The first-order valence-electron chi connectivity index (χ1n) is 19.0. The topological polar surface area (TPSA) is 162 Å². The van der Waals surface area contributed by atoms with Crippen LogP contribution in [0.5, 0.6) is 0 Å². The number of anilines is 1. The van der Waals surface area contributed by atoms with Crippen LogP contribution >= 0.6 is 21.6 Å². The Labute approximate surface area is 315 Å². The highest BCUT2D eigenvalue weighted by molar-refractivity contribution is 8.77. The number of carbonyl (C=O) groups is 1. The van der Waals surface area contributed by atoms with Gasteiger partial charge in [0.05, 0.1) is 26.5 Å². The summed E-state index contributed by atoms with van der Waals surface area (Å²) in [5.41, 5.74) is 19.6. The van der Waals surface area contributed by atoms with E-state index in [2.05, 4.69) is 47.7 Å². The molecule has 0 saturated carbocycles. The van der Waals surface area contributed by atoms with Gasteiger partial charge in [0.1, 0.15) is 5.69 Å². The molecule has 8 N–H and O–H groups in total. The maximum Gasteiger partial charge on any atom is 0.421 e. The summed E-state index contributed by atoms with van der Waals surface area (Å²) in [5.74, 6) is 2.22. The Kier molecular flexibility index (Phi) is 22.4. The largest absolute Gasteiger partial charge is 0.421 e. The molecule has 1 aliphatic heterocycles. The van der Waals surface area contributed by atoms with Crippen LogP contribution in [0.25, 0.3) is 0 Å². The molecule has 1 unspecified atom stereocenters. The molecule has 0 aliphatic carbocycles. The Balaban J connectivity index is 1.48. The van der Waals surface area contributed by atoms with Gasteiger partial charge in [-0.15, -0.1) is 0 Å². The Hall–Kier alpha value is -2.24. The zero-order valence-electron chi connectivity index (χ0n) is 31.4. The summed E-state index contributed by atoms with van der Waals surface area (Å²) >= 11 is 0. The smallest absolute Gasteiger partial charge is 0.384 e. The number of aromatic nitrogens is 2. The molecule has 15 heteroatoms. The molecule has 0 spiro atoms. The first kappa shape index (κ1) is 43.2. The van der Waals surface area contributed by atoms with Gasteiger partial charge < -0.3 is 32.7 Å². The van der Waals surface area contributed by atoms with Crippen molar-refractivity contribution in [2.24, 2.45) is 41.5 Å². The van der Waals surface area contributed by atoms with Crippen molar-refractivity contribution in [1.29, 1.82) is 0 Å². The Morgan fingerprint density at radius 1 is 0.843 bits per heavy atom. The molecule has 13 nitrogen and oxygen atoms in total. The molecule has 1 atom stereocenters. The molecular weight excluding hydrogens is 681 g/mol. The molecule has 2 aromatic rings. The number of nitrogens with two attached hydrogens (primary N) is 3. The van der Waals surface area contributed by atoms with E-state index in [1.165, 1.54) is 18.6 Å². The number of aryl methyl sites for hydroxylation is 2. The molecule has 3 rings (SSSR count). The van der Waals surface area contributed by atoms with Crippen LogP contribution in [0.1, 0.15) is 51.4 Å². The molecule has 0 bridgehead atoms. The number of rotatable bonds is 29. The Morgan fingerprint density at radius 2 is 1.53 bits per heavy atom. The van der Waals surface area contributed by atoms with E-state index in [-0.39, 0.29) is 5.91 Å². The average molecular weight is 748 g/mol. The number of nitrogens with one attached hydrogen (secondary N) is 2.